The zero-order chi connectivity index (χ0) is 25.6. The number of benzene rings is 1. The Labute approximate surface area is 214 Å². The lowest BCUT2D eigenvalue weighted by Crippen LogP contribution is -2.23. The maximum absolute atomic E-state index is 13.6. The maximum Gasteiger partial charge on any atom is 0.274 e. The van der Waals surface area contributed by atoms with Gasteiger partial charge in [0.15, 0.2) is 5.82 Å². The van der Waals surface area contributed by atoms with Gasteiger partial charge < -0.3 is 9.84 Å². The number of nitrogens with zero attached hydrogens (tertiary/aromatic N) is 4. The van der Waals surface area contributed by atoms with Crippen molar-refractivity contribution >= 4 is 11.6 Å². The summed E-state index contributed by atoms with van der Waals surface area (Å²) < 4.78 is 7.00. The zero-order valence-electron chi connectivity index (χ0n) is 20.6. The molecule has 0 aliphatic heterocycles. The first kappa shape index (κ1) is 24.2. The van der Waals surface area contributed by atoms with E-state index in [-0.39, 0.29) is 16.5 Å². The number of pyridine rings is 2. The molecule has 1 N–H and O–H groups in total. The second kappa shape index (κ2) is 9.48. The molecule has 4 aromatic rings. The molecule has 0 radical (unpaired) electrons. The Bertz CT molecular complexity index is 1520. The van der Waals surface area contributed by atoms with Crippen LogP contribution in [-0.4, -0.2) is 31.7 Å². The van der Waals surface area contributed by atoms with Gasteiger partial charge >= 0.3 is 0 Å². The third-order valence-electron chi connectivity index (χ3n) is 6.70. The zero-order valence-corrected chi connectivity index (χ0v) is 21.3. The third kappa shape index (κ3) is 4.40. The van der Waals surface area contributed by atoms with Crippen LogP contribution in [0.3, 0.4) is 0 Å². The number of methoxy groups -OCH3 is 1. The number of hydrogen-bond donors (Lipinski definition) is 1. The van der Waals surface area contributed by atoms with Crippen LogP contribution in [0, 0.1) is 13.8 Å². The highest BCUT2D eigenvalue weighted by atomic mass is 35.5. The molecular formula is C28H27ClN4O3. The van der Waals surface area contributed by atoms with E-state index >= 15 is 0 Å². The molecule has 3 atom stereocenters. The molecule has 1 saturated carbocycles. The average molecular weight is 503 g/mol. The first-order valence-electron chi connectivity index (χ1n) is 11.8. The highest BCUT2D eigenvalue weighted by Gasteiger charge is 2.41. The van der Waals surface area contributed by atoms with Crippen molar-refractivity contribution in [2.24, 2.45) is 0 Å². The van der Waals surface area contributed by atoms with Crippen LogP contribution in [0.4, 0.5) is 0 Å². The lowest BCUT2D eigenvalue weighted by molar-refractivity contribution is 0.189. The van der Waals surface area contributed by atoms with Crippen LogP contribution in [0.2, 0.25) is 5.02 Å². The Kier molecular flexibility index (Phi) is 6.36. The fraction of sp³-hybridized carbons (Fsp3) is 0.286. The number of aliphatic hydroxyl groups excluding tert-OH is 1. The fourth-order valence-electron chi connectivity index (χ4n) is 4.70. The average Bonchev–Trinajstić information content (AvgIpc) is 3.68. The summed E-state index contributed by atoms with van der Waals surface area (Å²) in [5.74, 6) is 1.64. The van der Waals surface area contributed by atoms with E-state index in [4.69, 9.17) is 16.3 Å². The molecule has 1 aromatic carbocycles. The van der Waals surface area contributed by atoms with Gasteiger partial charge in [0, 0.05) is 18.1 Å². The molecule has 7 nitrogen and oxygen atoms in total. The summed E-state index contributed by atoms with van der Waals surface area (Å²) in [6.07, 6.45) is 3.44. The van der Waals surface area contributed by atoms with Crippen LogP contribution >= 0.6 is 11.6 Å². The van der Waals surface area contributed by atoms with Crippen LogP contribution in [0.5, 0.6) is 5.75 Å². The van der Waals surface area contributed by atoms with Crippen molar-refractivity contribution in [2.75, 3.05) is 7.11 Å². The predicted octanol–water partition coefficient (Wildman–Crippen LogP) is 5.29. The number of halogens is 1. The first-order valence-corrected chi connectivity index (χ1v) is 12.2. The Morgan fingerprint density at radius 1 is 1.11 bits per heavy atom. The normalized spacial score (nSPS) is 17.6. The van der Waals surface area contributed by atoms with Crippen molar-refractivity contribution in [3.05, 3.63) is 98.4 Å². The van der Waals surface area contributed by atoms with Gasteiger partial charge in [0.2, 0.25) is 0 Å². The fourth-order valence-corrected chi connectivity index (χ4v) is 4.97. The Morgan fingerprint density at radius 2 is 1.92 bits per heavy atom. The molecule has 1 fully saturated rings. The van der Waals surface area contributed by atoms with Gasteiger partial charge in [-0.2, -0.15) is 0 Å². The summed E-state index contributed by atoms with van der Waals surface area (Å²) in [7, 11) is 1.66. The minimum Gasteiger partial charge on any atom is -0.497 e. The van der Waals surface area contributed by atoms with E-state index in [1.807, 2.05) is 44.2 Å². The molecule has 0 amide bonds. The number of rotatable bonds is 6. The lowest BCUT2D eigenvalue weighted by Gasteiger charge is -2.16. The van der Waals surface area contributed by atoms with Crippen LogP contribution in [0.15, 0.2) is 59.7 Å². The van der Waals surface area contributed by atoms with Gasteiger partial charge in [-0.1, -0.05) is 23.7 Å². The highest BCUT2D eigenvalue weighted by molar-refractivity contribution is 6.31. The van der Waals surface area contributed by atoms with Crippen molar-refractivity contribution < 1.29 is 9.84 Å². The molecule has 0 saturated heterocycles. The molecule has 184 valence electrons. The predicted molar refractivity (Wildman–Crippen MR) is 139 cm³/mol. The van der Waals surface area contributed by atoms with Crippen molar-refractivity contribution in [2.45, 2.75) is 45.1 Å². The van der Waals surface area contributed by atoms with Crippen LogP contribution < -0.4 is 10.3 Å². The summed E-state index contributed by atoms with van der Waals surface area (Å²) in [6.45, 7) is 5.43. The quantitative estimate of drug-likeness (QED) is 0.385. The molecule has 0 bridgehead atoms. The van der Waals surface area contributed by atoms with E-state index < -0.39 is 6.10 Å². The van der Waals surface area contributed by atoms with E-state index in [1.54, 1.807) is 37.1 Å². The Balaban J connectivity index is 1.53. The largest absolute Gasteiger partial charge is 0.497 e. The number of ether oxygens (including phenoxy) is 1. The second-order valence-electron chi connectivity index (χ2n) is 9.25. The Hall–Kier alpha value is -3.55. The van der Waals surface area contributed by atoms with Gasteiger partial charge in [0.1, 0.15) is 16.9 Å². The molecule has 0 spiro atoms. The van der Waals surface area contributed by atoms with Crippen molar-refractivity contribution in [1.29, 1.82) is 0 Å². The molecule has 36 heavy (non-hydrogen) atoms. The van der Waals surface area contributed by atoms with Crippen LogP contribution in [-0.2, 0) is 0 Å². The SMILES string of the molecule is COc1cccc(C2CC2c2cc(C)n(-c3cc(-c4ccnc(C(C)O)n4)ncc3C)c(=O)c2Cl)c1. The van der Waals surface area contributed by atoms with E-state index in [1.165, 1.54) is 5.56 Å². The molecule has 3 heterocycles. The molecule has 1 aliphatic rings. The van der Waals surface area contributed by atoms with Crippen LogP contribution in [0.1, 0.15) is 59.5 Å². The van der Waals surface area contributed by atoms with Crippen molar-refractivity contribution in [3.63, 3.8) is 0 Å². The minimum absolute atomic E-state index is 0.194. The second-order valence-corrected chi connectivity index (χ2v) is 9.63. The molecule has 3 unspecified atom stereocenters. The Morgan fingerprint density at radius 3 is 2.67 bits per heavy atom. The summed E-state index contributed by atoms with van der Waals surface area (Å²) in [6, 6.07) is 13.6. The van der Waals surface area contributed by atoms with Gasteiger partial charge in [0.25, 0.3) is 5.56 Å². The standard InChI is InChI=1S/C28H27ClN4O3/c1-15-14-31-24(23-8-9-30-27(32-23)17(3)34)13-25(15)33-16(2)10-22(26(29)28(33)35)21-12-20(21)18-6-5-7-19(11-18)36-4/h5-11,13-14,17,20-21,34H,12H2,1-4H3. The molecule has 8 heteroatoms. The van der Waals surface area contributed by atoms with Gasteiger partial charge in [-0.05, 0) is 86.1 Å². The van der Waals surface area contributed by atoms with E-state index in [0.717, 1.165) is 29.0 Å². The van der Waals surface area contributed by atoms with Crippen LogP contribution in [0.25, 0.3) is 17.1 Å². The van der Waals surface area contributed by atoms with Gasteiger partial charge in [-0.15, -0.1) is 0 Å². The first-order chi connectivity index (χ1) is 17.3. The molecule has 3 aromatic heterocycles. The van der Waals surface area contributed by atoms with Crippen molar-refractivity contribution in [3.8, 4) is 22.8 Å². The summed E-state index contributed by atoms with van der Waals surface area (Å²) in [5, 5.41) is 10.1. The monoisotopic (exact) mass is 502 g/mol. The molecular weight excluding hydrogens is 476 g/mol. The van der Waals surface area contributed by atoms with E-state index in [0.29, 0.717) is 28.8 Å². The third-order valence-corrected chi connectivity index (χ3v) is 7.08. The molecule has 1 aliphatic carbocycles. The van der Waals surface area contributed by atoms with Gasteiger partial charge in [0.05, 0.1) is 24.2 Å². The van der Waals surface area contributed by atoms with E-state index in [9.17, 15) is 9.90 Å². The summed E-state index contributed by atoms with van der Waals surface area (Å²) in [4.78, 5) is 26.6. The van der Waals surface area contributed by atoms with Gasteiger partial charge in [-0.25, -0.2) is 9.97 Å². The maximum atomic E-state index is 13.6. The number of aliphatic hydroxyl groups is 1. The smallest absolute Gasteiger partial charge is 0.274 e. The molecule has 5 rings (SSSR count). The number of aromatic nitrogens is 4. The van der Waals surface area contributed by atoms with Gasteiger partial charge in [-0.3, -0.25) is 14.3 Å². The minimum atomic E-state index is -0.797. The summed E-state index contributed by atoms with van der Waals surface area (Å²) in [5.41, 5.74) is 5.27. The lowest BCUT2D eigenvalue weighted by atomic mass is 10.0. The topological polar surface area (TPSA) is 90.1 Å². The number of aryl methyl sites for hydroxylation is 2. The highest BCUT2D eigenvalue weighted by Crippen LogP contribution is 2.56. The number of hydrogen-bond acceptors (Lipinski definition) is 6. The van der Waals surface area contributed by atoms with Crippen molar-refractivity contribution in [1.82, 2.24) is 19.5 Å². The summed E-state index contributed by atoms with van der Waals surface area (Å²) >= 11 is 6.71. The van der Waals surface area contributed by atoms with E-state index in [2.05, 4.69) is 21.0 Å².